The fraction of sp³-hybridized carbons (Fsp3) is 0.929. The molecule has 1 unspecified atom stereocenters. The molecule has 0 radical (unpaired) electrons. The van der Waals surface area contributed by atoms with Gasteiger partial charge in [-0.05, 0) is 30.7 Å². The molecule has 0 aliphatic heterocycles. The Balaban J connectivity index is 2.34. The van der Waals surface area contributed by atoms with Gasteiger partial charge in [-0.3, -0.25) is 4.79 Å². The molecule has 3 heteroatoms. The Kier molecular flexibility index (Phi) is 5.96. The monoisotopic (exact) mass is 240 g/mol. The maximum absolute atomic E-state index is 11.8. The molecule has 3 nitrogen and oxygen atoms in total. The number of rotatable bonds is 6. The molecule has 1 aliphatic carbocycles. The molecule has 0 bridgehead atoms. The van der Waals surface area contributed by atoms with Crippen LogP contribution in [-0.2, 0) is 4.79 Å². The largest absolute Gasteiger partial charge is 0.355 e. The molecule has 17 heavy (non-hydrogen) atoms. The average Bonchev–Trinajstić information content (AvgIpc) is 2.37. The van der Waals surface area contributed by atoms with E-state index in [9.17, 15) is 4.79 Å². The van der Waals surface area contributed by atoms with Gasteiger partial charge in [-0.2, -0.15) is 0 Å². The lowest BCUT2D eigenvalue weighted by atomic mass is 9.74. The van der Waals surface area contributed by atoms with Crippen LogP contribution in [0.4, 0.5) is 0 Å². The third kappa shape index (κ3) is 4.66. The first-order chi connectivity index (χ1) is 8.12. The molecule has 1 amide bonds. The van der Waals surface area contributed by atoms with Gasteiger partial charge >= 0.3 is 0 Å². The molecule has 0 heterocycles. The Morgan fingerprint density at radius 1 is 1.35 bits per heavy atom. The summed E-state index contributed by atoms with van der Waals surface area (Å²) in [7, 11) is 0. The number of hydrogen-bond acceptors (Lipinski definition) is 2. The van der Waals surface area contributed by atoms with Gasteiger partial charge in [0.2, 0.25) is 5.91 Å². The van der Waals surface area contributed by atoms with Crippen molar-refractivity contribution in [3.63, 3.8) is 0 Å². The van der Waals surface area contributed by atoms with Crippen LogP contribution in [0.1, 0.15) is 58.8 Å². The Labute approximate surface area is 106 Å². The highest BCUT2D eigenvalue weighted by molar-refractivity contribution is 5.76. The fourth-order valence-corrected chi connectivity index (χ4v) is 2.57. The highest BCUT2D eigenvalue weighted by Crippen LogP contribution is 2.34. The first kappa shape index (κ1) is 14.5. The lowest BCUT2D eigenvalue weighted by molar-refractivity contribution is -0.122. The molecule has 0 saturated heterocycles. The summed E-state index contributed by atoms with van der Waals surface area (Å²) in [6, 6.07) is 0. The van der Waals surface area contributed by atoms with Crippen LogP contribution in [0.25, 0.3) is 0 Å². The molecule has 1 rings (SSSR count). The number of carbonyl (C=O) groups is 1. The van der Waals surface area contributed by atoms with E-state index in [0.29, 0.717) is 18.9 Å². The summed E-state index contributed by atoms with van der Waals surface area (Å²) in [5.41, 5.74) is 6.08. The Morgan fingerprint density at radius 3 is 2.53 bits per heavy atom. The number of carbonyl (C=O) groups excluding carboxylic acids is 1. The molecule has 3 N–H and O–H groups in total. The van der Waals surface area contributed by atoms with Crippen molar-refractivity contribution in [3.05, 3.63) is 0 Å². The van der Waals surface area contributed by atoms with E-state index in [1.165, 1.54) is 32.1 Å². The topological polar surface area (TPSA) is 55.1 Å². The Morgan fingerprint density at radius 2 is 2.00 bits per heavy atom. The highest BCUT2D eigenvalue weighted by atomic mass is 16.1. The molecule has 0 aromatic rings. The first-order valence-corrected chi connectivity index (χ1v) is 7.08. The van der Waals surface area contributed by atoms with Gasteiger partial charge in [0.15, 0.2) is 0 Å². The molecule has 1 saturated carbocycles. The van der Waals surface area contributed by atoms with E-state index in [2.05, 4.69) is 19.2 Å². The van der Waals surface area contributed by atoms with E-state index in [1.807, 2.05) is 0 Å². The summed E-state index contributed by atoms with van der Waals surface area (Å²) >= 11 is 0. The predicted molar refractivity (Wildman–Crippen MR) is 71.7 cm³/mol. The third-order valence-corrected chi connectivity index (χ3v) is 4.24. The van der Waals surface area contributed by atoms with Crippen molar-refractivity contribution in [2.75, 3.05) is 13.1 Å². The summed E-state index contributed by atoms with van der Waals surface area (Å²) in [6.45, 7) is 5.73. The maximum Gasteiger partial charge on any atom is 0.220 e. The second-order valence-electron chi connectivity index (χ2n) is 5.76. The minimum absolute atomic E-state index is 0.184. The molecule has 1 aliphatic rings. The zero-order valence-corrected chi connectivity index (χ0v) is 11.4. The van der Waals surface area contributed by atoms with Crippen LogP contribution in [-0.4, -0.2) is 19.0 Å². The lowest BCUT2D eigenvalue weighted by Crippen LogP contribution is -2.44. The number of amides is 1. The molecule has 1 atom stereocenters. The normalized spacial score (nSPS) is 20.9. The van der Waals surface area contributed by atoms with E-state index in [-0.39, 0.29) is 11.3 Å². The maximum atomic E-state index is 11.8. The Hall–Kier alpha value is -0.570. The van der Waals surface area contributed by atoms with Gasteiger partial charge in [0.05, 0.1) is 0 Å². The summed E-state index contributed by atoms with van der Waals surface area (Å²) in [5, 5.41) is 3.09. The molecule has 1 fully saturated rings. The van der Waals surface area contributed by atoms with E-state index >= 15 is 0 Å². The molecular weight excluding hydrogens is 212 g/mol. The van der Waals surface area contributed by atoms with Gasteiger partial charge in [-0.15, -0.1) is 0 Å². The van der Waals surface area contributed by atoms with Crippen LogP contribution in [0.15, 0.2) is 0 Å². The van der Waals surface area contributed by atoms with Crippen LogP contribution in [0.2, 0.25) is 0 Å². The van der Waals surface area contributed by atoms with E-state index in [0.717, 1.165) is 13.0 Å². The summed E-state index contributed by atoms with van der Waals surface area (Å²) < 4.78 is 0. The lowest BCUT2D eigenvalue weighted by Gasteiger charge is -2.36. The van der Waals surface area contributed by atoms with E-state index in [4.69, 9.17) is 5.73 Å². The second kappa shape index (κ2) is 7.00. The van der Waals surface area contributed by atoms with E-state index < -0.39 is 0 Å². The molecule has 0 aromatic carbocycles. The van der Waals surface area contributed by atoms with Gasteiger partial charge in [0.25, 0.3) is 0 Å². The SMILES string of the molecule is CCC(C)CC(=O)NCC1(CN)CCCCC1. The van der Waals surface area contributed by atoms with Crippen LogP contribution in [0.5, 0.6) is 0 Å². The average molecular weight is 240 g/mol. The smallest absolute Gasteiger partial charge is 0.220 e. The highest BCUT2D eigenvalue weighted by Gasteiger charge is 2.30. The van der Waals surface area contributed by atoms with Crippen molar-refractivity contribution < 1.29 is 4.79 Å². The Bertz CT molecular complexity index is 234. The van der Waals surface area contributed by atoms with Gasteiger partial charge < -0.3 is 11.1 Å². The van der Waals surface area contributed by atoms with Crippen molar-refractivity contribution in [3.8, 4) is 0 Å². The number of nitrogens with one attached hydrogen (secondary N) is 1. The number of nitrogens with two attached hydrogens (primary N) is 1. The second-order valence-corrected chi connectivity index (χ2v) is 5.76. The molecule has 0 aromatic heterocycles. The van der Waals surface area contributed by atoms with Crippen LogP contribution in [0, 0.1) is 11.3 Å². The van der Waals surface area contributed by atoms with Crippen molar-refractivity contribution in [1.29, 1.82) is 0 Å². The minimum Gasteiger partial charge on any atom is -0.355 e. The van der Waals surface area contributed by atoms with Gasteiger partial charge in [-0.1, -0.05) is 39.5 Å². The molecule has 100 valence electrons. The fourth-order valence-electron chi connectivity index (χ4n) is 2.57. The molecular formula is C14H28N2O. The van der Waals surface area contributed by atoms with Crippen molar-refractivity contribution in [2.24, 2.45) is 17.1 Å². The van der Waals surface area contributed by atoms with Gasteiger partial charge in [0.1, 0.15) is 0 Å². The van der Waals surface area contributed by atoms with Gasteiger partial charge in [-0.25, -0.2) is 0 Å². The van der Waals surface area contributed by atoms with E-state index in [1.54, 1.807) is 0 Å². The third-order valence-electron chi connectivity index (χ3n) is 4.24. The zero-order chi connectivity index (χ0) is 12.7. The minimum atomic E-state index is 0.184. The van der Waals surface area contributed by atoms with Crippen LogP contribution in [0.3, 0.4) is 0 Å². The number of hydrogen-bond donors (Lipinski definition) is 2. The quantitative estimate of drug-likeness (QED) is 0.749. The summed E-state index contributed by atoms with van der Waals surface area (Å²) in [6.07, 6.45) is 7.91. The predicted octanol–water partition coefficient (Wildman–Crippen LogP) is 2.45. The van der Waals surface area contributed by atoms with Crippen molar-refractivity contribution >= 4 is 5.91 Å². The zero-order valence-electron chi connectivity index (χ0n) is 11.4. The van der Waals surface area contributed by atoms with Crippen LogP contribution < -0.4 is 11.1 Å². The van der Waals surface area contributed by atoms with Crippen LogP contribution >= 0.6 is 0 Å². The summed E-state index contributed by atoms with van der Waals surface area (Å²) in [4.78, 5) is 11.8. The van der Waals surface area contributed by atoms with Gasteiger partial charge in [0, 0.05) is 13.0 Å². The van der Waals surface area contributed by atoms with Crippen molar-refractivity contribution in [1.82, 2.24) is 5.32 Å². The standard InChI is InChI=1S/C14H28N2O/c1-3-12(2)9-13(17)16-11-14(10-15)7-5-4-6-8-14/h12H,3-11,15H2,1-2H3,(H,16,17). The first-order valence-electron chi connectivity index (χ1n) is 7.08. The summed E-state index contributed by atoms with van der Waals surface area (Å²) in [5.74, 6) is 0.674. The molecule has 0 spiro atoms. The van der Waals surface area contributed by atoms with Crippen molar-refractivity contribution in [2.45, 2.75) is 58.8 Å².